The van der Waals surface area contributed by atoms with Gasteiger partial charge in [-0.3, -0.25) is 4.79 Å². The van der Waals surface area contributed by atoms with Crippen molar-refractivity contribution in [2.75, 3.05) is 6.61 Å². The second-order valence-corrected chi connectivity index (χ2v) is 7.11. The minimum atomic E-state index is -0.865. The molecule has 8 heteroatoms. The highest BCUT2D eigenvalue weighted by molar-refractivity contribution is 6.32. The zero-order chi connectivity index (χ0) is 19.3. The van der Waals surface area contributed by atoms with Crippen LogP contribution in [0, 0.1) is 5.92 Å². The van der Waals surface area contributed by atoms with E-state index in [2.05, 4.69) is 9.97 Å². The molecule has 1 unspecified atom stereocenters. The summed E-state index contributed by atoms with van der Waals surface area (Å²) in [6, 6.07) is 6.47. The molecule has 0 bridgehead atoms. The van der Waals surface area contributed by atoms with E-state index in [1.54, 1.807) is 25.1 Å². The van der Waals surface area contributed by atoms with Gasteiger partial charge in [0.25, 0.3) is 5.56 Å². The molecule has 1 aromatic heterocycles. The molecule has 1 heterocycles. The molecule has 0 aliphatic rings. The number of benzene rings is 1. The summed E-state index contributed by atoms with van der Waals surface area (Å²) in [4.78, 5) is 29.2. The van der Waals surface area contributed by atoms with Crippen LogP contribution in [0.5, 0.6) is 5.75 Å². The molecule has 26 heavy (non-hydrogen) atoms. The van der Waals surface area contributed by atoms with Gasteiger partial charge in [-0.1, -0.05) is 25.4 Å². The summed E-state index contributed by atoms with van der Waals surface area (Å²) >= 11 is 6.29. The molecular formula is C18H22ClN3O4. The number of halogens is 1. The minimum Gasteiger partial charge on any atom is -0.488 e. The van der Waals surface area contributed by atoms with Crippen molar-refractivity contribution in [3.63, 3.8) is 0 Å². The highest BCUT2D eigenvalue weighted by Gasteiger charge is 2.30. The normalized spacial score (nSPS) is 13.3. The molecule has 0 fully saturated rings. The lowest BCUT2D eigenvalue weighted by Gasteiger charge is -2.30. The number of nitrogens with zero attached hydrogens (tertiary/aromatic N) is 1. The molecule has 0 saturated carbocycles. The van der Waals surface area contributed by atoms with Crippen molar-refractivity contribution in [2.24, 2.45) is 11.7 Å². The summed E-state index contributed by atoms with van der Waals surface area (Å²) < 4.78 is 11.0. The van der Waals surface area contributed by atoms with Crippen molar-refractivity contribution in [1.82, 2.24) is 9.97 Å². The molecule has 2 rings (SSSR count). The van der Waals surface area contributed by atoms with E-state index in [1.165, 1.54) is 12.4 Å². The third kappa shape index (κ3) is 5.49. The third-order valence-electron chi connectivity index (χ3n) is 3.63. The number of amides is 1. The first-order valence-corrected chi connectivity index (χ1v) is 8.52. The quantitative estimate of drug-likeness (QED) is 0.766. The second kappa shape index (κ2) is 8.23. The molecular weight excluding hydrogens is 358 g/mol. The number of primary amides is 1. The van der Waals surface area contributed by atoms with Crippen molar-refractivity contribution in [3.05, 3.63) is 46.0 Å². The van der Waals surface area contributed by atoms with E-state index in [-0.39, 0.29) is 18.1 Å². The molecule has 1 amide bonds. The van der Waals surface area contributed by atoms with Gasteiger partial charge in [-0.2, -0.15) is 0 Å². The number of H-pyrrole nitrogens is 1. The molecule has 0 spiro atoms. The van der Waals surface area contributed by atoms with Crippen LogP contribution in [0.15, 0.2) is 35.4 Å². The molecule has 0 aliphatic heterocycles. The third-order valence-corrected chi connectivity index (χ3v) is 3.92. The number of carbonyl (C=O) groups is 1. The van der Waals surface area contributed by atoms with Gasteiger partial charge in [-0.05, 0) is 37.5 Å². The number of hydrogen-bond acceptors (Lipinski definition) is 5. The van der Waals surface area contributed by atoms with Gasteiger partial charge in [-0.15, -0.1) is 0 Å². The number of hydrogen-bond donors (Lipinski definition) is 2. The van der Waals surface area contributed by atoms with Gasteiger partial charge < -0.3 is 20.2 Å². The monoisotopic (exact) mass is 379 g/mol. The van der Waals surface area contributed by atoms with E-state index >= 15 is 0 Å². The zero-order valence-corrected chi connectivity index (χ0v) is 15.7. The zero-order valence-electron chi connectivity index (χ0n) is 14.9. The van der Waals surface area contributed by atoms with Gasteiger partial charge in [0, 0.05) is 11.6 Å². The summed E-state index contributed by atoms with van der Waals surface area (Å²) in [5.74, 6) is 0.714. The van der Waals surface area contributed by atoms with Crippen LogP contribution >= 0.6 is 11.6 Å². The standard InChI is InChI=1S/C18H22ClN3O4/c1-11(2)8-18(3,26-17(20)24)9-25-15-5-4-12(6-13(15)19)14-7-16(23)22-10-21-14/h4-7,10-11H,8-9H2,1-3H3,(H2,20,24)(H,21,22,23). The van der Waals surface area contributed by atoms with Crippen molar-refractivity contribution in [2.45, 2.75) is 32.8 Å². The van der Waals surface area contributed by atoms with Gasteiger partial charge in [-0.25, -0.2) is 9.78 Å². The van der Waals surface area contributed by atoms with E-state index < -0.39 is 11.7 Å². The van der Waals surface area contributed by atoms with Crippen LogP contribution in [0.3, 0.4) is 0 Å². The molecule has 2 aromatic rings. The average molecular weight is 380 g/mol. The summed E-state index contributed by atoms with van der Waals surface area (Å²) in [7, 11) is 0. The Morgan fingerprint density at radius 1 is 1.38 bits per heavy atom. The lowest BCUT2D eigenvalue weighted by atomic mass is 9.95. The summed E-state index contributed by atoms with van der Waals surface area (Å²) in [6.45, 7) is 5.90. The van der Waals surface area contributed by atoms with Gasteiger partial charge in [0.1, 0.15) is 18.0 Å². The maximum atomic E-state index is 11.4. The molecule has 140 valence electrons. The van der Waals surface area contributed by atoms with E-state index in [4.69, 9.17) is 26.8 Å². The topological polar surface area (TPSA) is 107 Å². The molecule has 1 atom stereocenters. The highest BCUT2D eigenvalue weighted by Crippen LogP contribution is 2.31. The van der Waals surface area contributed by atoms with Crippen LogP contribution in [0.1, 0.15) is 27.2 Å². The van der Waals surface area contributed by atoms with E-state index in [1.807, 2.05) is 13.8 Å². The smallest absolute Gasteiger partial charge is 0.405 e. The molecule has 7 nitrogen and oxygen atoms in total. The predicted octanol–water partition coefficient (Wildman–Crippen LogP) is 3.37. The Balaban J connectivity index is 2.16. The first-order chi connectivity index (χ1) is 12.2. The summed E-state index contributed by atoms with van der Waals surface area (Å²) in [6.07, 6.45) is 1.07. The fourth-order valence-corrected chi connectivity index (χ4v) is 3.01. The average Bonchev–Trinajstić information content (AvgIpc) is 2.52. The summed E-state index contributed by atoms with van der Waals surface area (Å²) in [5.41, 5.74) is 5.25. The van der Waals surface area contributed by atoms with E-state index in [0.29, 0.717) is 28.5 Å². The number of ether oxygens (including phenoxy) is 2. The Bertz CT molecular complexity index is 837. The van der Waals surface area contributed by atoms with Gasteiger partial charge in [0.05, 0.1) is 17.0 Å². The predicted molar refractivity (Wildman–Crippen MR) is 99.3 cm³/mol. The van der Waals surface area contributed by atoms with Crippen LogP contribution in [-0.2, 0) is 4.74 Å². The first kappa shape index (κ1) is 19.8. The molecule has 0 aliphatic carbocycles. The highest BCUT2D eigenvalue weighted by atomic mass is 35.5. The van der Waals surface area contributed by atoms with Gasteiger partial charge >= 0.3 is 6.09 Å². The number of nitrogens with one attached hydrogen (secondary N) is 1. The van der Waals surface area contributed by atoms with E-state index in [9.17, 15) is 9.59 Å². The van der Waals surface area contributed by atoms with Crippen molar-refractivity contribution in [3.8, 4) is 17.0 Å². The number of aromatic amines is 1. The Hall–Kier alpha value is -2.54. The molecule has 0 radical (unpaired) electrons. The molecule has 0 saturated heterocycles. The second-order valence-electron chi connectivity index (χ2n) is 6.70. The Kier molecular flexibility index (Phi) is 6.26. The van der Waals surface area contributed by atoms with E-state index in [0.717, 1.165) is 0 Å². The first-order valence-electron chi connectivity index (χ1n) is 8.14. The van der Waals surface area contributed by atoms with Crippen molar-refractivity contribution in [1.29, 1.82) is 0 Å². The lowest BCUT2D eigenvalue weighted by molar-refractivity contribution is -0.0185. The number of rotatable bonds is 7. The van der Waals surface area contributed by atoms with Gasteiger partial charge in [0.2, 0.25) is 0 Å². The fourth-order valence-electron chi connectivity index (χ4n) is 2.77. The number of carbonyl (C=O) groups excluding carboxylic acids is 1. The summed E-state index contributed by atoms with van der Waals surface area (Å²) in [5, 5.41) is 0.357. The van der Waals surface area contributed by atoms with Crippen LogP contribution < -0.4 is 16.0 Å². The maximum absolute atomic E-state index is 11.4. The number of aromatic nitrogens is 2. The van der Waals surface area contributed by atoms with Crippen LogP contribution in [0.25, 0.3) is 11.3 Å². The van der Waals surface area contributed by atoms with Crippen molar-refractivity contribution >= 4 is 17.7 Å². The van der Waals surface area contributed by atoms with Crippen LogP contribution in [0.2, 0.25) is 5.02 Å². The Labute approximate surface area is 156 Å². The Morgan fingerprint density at radius 3 is 2.69 bits per heavy atom. The van der Waals surface area contributed by atoms with Gasteiger partial charge in [0.15, 0.2) is 0 Å². The SMILES string of the molecule is CC(C)CC(C)(COc1ccc(-c2cc(=O)[nH]cn2)cc1Cl)OC(N)=O. The Morgan fingerprint density at radius 2 is 2.12 bits per heavy atom. The van der Waals surface area contributed by atoms with Crippen LogP contribution in [0.4, 0.5) is 4.79 Å². The number of nitrogens with two attached hydrogens (primary N) is 1. The molecule has 3 N–H and O–H groups in total. The lowest BCUT2D eigenvalue weighted by Crippen LogP contribution is -2.41. The van der Waals surface area contributed by atoms with Crippen LogP contribution in [-0.4, -0.2) is 28.3 Å². The molecule has 1 aromatic carbocycles. The van der Waals surface area contributed by atoms with Crippen molar-refractivity contribution < 1.29 is 14.3 Å². The largest absolute Gasteiger partial charge is 0.488 e. The fraction of sp³-hybridized carbons (Fsp3) is 0.389. The maximum Gasteiger partial charge on any atom is 0.405 e. The minimum absolute atomic E-state index is 0.108.